The van der Waals surface area contributed by atoms with Crippen molar-refractivity contribution in [2.45, 2.75) is 10.9 Å². The van der Waals surface area contributed by atoms with Crippen LogP contribution in [-0.2, 0) is 20.3 Å². The molecule has 0 aliphatic rings. The van der Waals surface area contributed by atoms with Crippen LogP contribution in [0.3, 0.4) is 0 Å². The number of pyridine rings is 1. The molecule has 0 aliphatic carbocycles. The number of H-pyrrole nitrogens is 2. The van der Waals surface area contributed by atoms with Gasteiger partial charge in [0.1, 0.15) is 5.52 Å². The number of hydrogen-bond acceptors (Lipinski definition) is 5. The first-order valence-corrected chi connectivity index (χ1v) is 8.41. The lowest BCUT2D eigenvalue weighted by atomic mass is 10.1. The molecule has 3 aromatic rings. The van der Waals surface area contributed by atoms with E-state index in [1.54, 1.807) is 30.5 Å². The van der Waals surface area contributed by atoms with Gasteiger partial charge in [-0.3, -0.25) is 0 Å². The fourth-order valence-electron chi connectivity index (χ4n) is 2.16. The lowest BCUT2D eigenvalue weighted by molar-refractivity contribution is -0.347. The molecular formula is C15H14N3O4S+. The number of benzene rings is 1. The molecular weight excluding hydrogens is 318 g/mol. The van der Waals surface area contributed by atoms with Gasteiger partial charge in [0.25, 0.3) is 0 Å². The number of nitrogens with zero attached hydrogens (tertiary/aromatic N) is 1. The number of sulfone groups is 1. The van der Waals surface area contributed by atoms with Crippen molar-refractivity contribution in [3.8, 4) is 0 Å². The second-order valence-electron chi connectivity index (χ2n) is 4.92. The molecule has 118 valence electrons. The molecule has 2 heterocycles. The minimum atomic E-state index is -3.62. The highest BCUT2D eigenvalue weighted by atomic mass is 32.2. The second kappa shape index (κ2) is 5.81. The summed E-state index contributed by atoms with van der Waals surface area (Å²) in [7, 11) is -2.33. The number of nitrogens with one attached hydrogen (secondary N) is 2. The molecule has 0 amide bonds. The van der Waals surface area contributed by atoms with Crippen molar-refractivity contribution in [3.63, 3.8) is 0 Å². The zero-order valence-corrected chi connectivity index (χ0v) is 13.1. The number of aromatic nitrogens is 3. The van der Waals surface area contributed by atoms with Gasteiger partial charge in [0, 0.05) is 0 Å². The quantitative estimate of drug-likeness (QED) is 0.722. The van der Waals surface area contributed by atoms with Crippen LogP contribution in [0.15, 0.2) is 47.8 Å². The third kappa shape index (κ3) is 3.07. The summed E-state index contributed by atoms with van der Waals surface area (Å²) in [4.78, 5) is 21.1. The van der Waals surface area contributed by atoms with Crippen molar-refractivity contribution >= 4 is 27.0 Å². The zero-order chi connectivity index (χ0) is 16.4. The fraction of sp³-hybridized carbons (Fsp3) is 0.133. The first kappa shape index (κ1) is 15.2. The zero-order valence-electron chi connectivity index (χ0n) is 12.2. The van der Waals surface area contributed by atoms with Gasteiger partial charge in [0.05, 0.1) is 24.6 Å². The van der Waals surface area contributed by atoms with Gasteiger partial charge in [-0.05, 0) is 34.8 Å². The molecule has 0 radical (unpaired) electrons. The average molecular weight is 332 g/mol. The molecule has 2 aromatic heterocycles. The van der Waals surface area contributed by atoms with Crippen LogP contribution in [0.4, 0.5) is 0 Å². The molecule has 0 spiro atoms. The molecule has 0 atom stereocenters. The molecule has 0 saturated heterocycles. The van der Waals surface area contributed by atoms with Gasteiger partial charge < -0.3 is 9.72 Å². The predicted octanol–water partition coefficient (Wildman–Crippen LogP) is 1.14. The van der Waals surface area contributed by atoms with Gasteiger partial charge in [-0.1, -0.05) is 12.1 Å². The van der Waals surface area contributed by atoms with E-state index < -0.39 is 15.8 Å². The molecule has 0 unspecified atom stereocenters. The van der Waals surface area contributed by atoms with E-state index in [0.717, 1.165) is 0 Å². The monoisotopic (exact) mass is 332 g/mol. The van der Waals surface area contributed by atoms with Crippen molar-refractivity contribution in [2.24, 2.45) is 0 Å². The number of esters is 1. The second-order valence-corrected chi connectivity index (χ2v) is 6.83. The Bertz CT molecular complexity index is 929. The smallest absolute Gasteiger partial charge is 0.348 e. The molecule has 2 N–H and O–H groups in total. The Morgan fingerprint density at radius 2 is 2.00 bits per heavy atom. The van der Waals surface area contributed by atoms with E-state index in [2.05, 4.69) is 19.7 Å². The largest absolute Gasteiger partial charge is 0.465 e. The van der Waals surface area contributed by atoms with E-state index in [9.17, 15) is 13.2 Å². The van der Waals surface area contributed by atoms with Crippen LogP contribution < -0.4 is 4.98 Å². The van der Waals surface area contributed by atoms with E-state index in [1.807, 2.05) is 0 Å². The normalized spacial score (nSPS) is 11.5. The number of carbonyl (C=O) groups excluding carboxylic acids is 1. The number of ether oxygens (including phenoxy) is 1. The standard InChI is InChI=1S/C15H13N3O4S/c1-22-14(19)11-6-4-10(5-7-11)9-23(20,21)15-17-12-3-2-8-16-13(12)18-15/h2-8H,9H2,1H3,(H,16,17,18)/p+1. The van der Waals surface area contributed by atoms with Crippen LogP contribution in [0, 0.1) is 0 Å². The Kier molecular flexibility index (Phi) is 3.83. The number of methoxy groups -OCH3 is 1. The van der Waals surface area contributed by atoms with Crippen LogP contribution >= 0.6 is 0 Å². The van der Waals surface area contributed by atoms with Crippen molar-refractivity contribution in [1.29, 1.82) is 0 Å². The Morgan fingerprint density at radius 1 is 1.26 bits per heavy atom. The maximum Gasteiger partial charge on any atom is 0.348 e. The van der Waals surface area contributed by atoms with E-state index in [1.165, 1.54) is 19.2 Å². The summed E-state index contributed by atoms with van der Waals surface area (Å²) in [6.45, 7) is 0. The Morgan fingerprint density at radius 3 is 2.65 bits per heavy atom. The number of fused-ring (bicyclic) bond motifs is 1. The highest BCUT2D eigenvalue weighted by Crippen LogP contribution is 2.16. The molecule has 23 heavy (non-hydrogen) atoms. The molecule has 1 aromatic carbocycles. The van der Waals surface area contributed by atoms with E-state index in [-0.39, 0.29) is 10.9 Å². The molecule has 3 rings (SSSR count). The van der Waals surface area contributed by atoms with Gasteiger partial charge in [-0.25, -0.2) is 18.2 Å². The van der Waals surface area contributed by atoms with Gasteiger partial charge in [-0.15, -0.1) is 0 Å². The molecule has 8 heteroatoms. The third-order valence-corrected chi connectivity index (χ3v) is 4.81. The van der Waals surface area contributed by atoms with E-state index >= 15 is 0 Å². The van der Waals surface area contributed by atoms with Crippen molar-refractivity contribution in [1.82, 2.24) is 9.97 Å². The van der Waals surface area contributed by atoms with Crippen molar-refractivity contribution in [3.05, 3.63) is 53.7 Å². The van der Waals surface area contributed by atoms with Crippen LogP contribution in [0.25, 0.3) is 11.2 Å². The SMILES string of the molecule is COC(=O)c1ccc(CS(=O)(=O)c2nc3[nH+]cccc3[nH]2)cc1. The fourth-order valence-corrected chi connectivity index (χ4v) is 3.42. The maximum atomic E-state index is 12.4. The first-order valence-electron chi connectivity index (χ1n) is 6.76. The molecule has 0 fully saturated rings. The van der Waals surface area contributed by atoms with Gasteiger partial charge >= 0.3 is 16.8 Å². The lowest BCUT2D eigenvalue weighted by Gasteiger charge is -2.02. The summed E-state index contributed by atoms with van der Waals surface area (Å²) in [5.41, 5.74) is 2.02. The van der Waals surface area contributed by atoms with Gasteiger partial charge in [0.2, 0.25) is 9.84 Å². The number of aromatic amines is 2. The van der Waals surface area contributed by atoms with Crippen molar-refractivity contribution < 1.29 is 22.9 Å². The number of rotatable bonds is 4. The number of carbonyl (C=O) groups is 1. The Labute approximate surface area is 132 Å². The first-order chi connectivity index (χ1) is 11.0. The molecule has 7 nitrogen and oxygen atoms in total. The highest BCUT2D eigenvalue weighted by molar-refractivity contribution is 7.90. The van der Waals surface area contributed by atoms with Gasteiger partial charge in [0.15, 0.2) is 0 Å². The van der Waals surface area contributed by atoms with Crippen LogP contribution in [0.2, 0.25) is 0 Å². The van der Waals surface area contributed by atoms with E-state index in [4.69, 9.17) is 0 Å². The summed E-state index contributed by atoms with van der Waals surface area (Å²) in [5.74, 6) is -0.680. The number of imidazole rings is 1. The summed E-state index contributed by atoms with van der Waals surface area (Å²) in [6.07, 6.45) is 1.67. The predicted molar refractivity (Wildman–Crippen MR) is 81.3 cm³/mol. The van der Waals surface area contributed by atoms with Crippen LogP contribution in [0.5, 0.6) is 0 Å². The minimum Gasteiger partial charge on any atom is -0.465 e. The molecule has 0 aliphatic heterocycles. The highest BCUT2D eigenvalue weighted by Gasteiger charge is 2.26. The van der Waals surface area contributed by atoms with Crippen molar-refractivity contribution in [2.75, 3.05) is 7.11 Å². The molecule has 0 bridgehead atoms. The maximum absolute atomic E-state index is 12.4. The number of hydrogen-bond donors (Lipinski definition) is 1. The average Bonchev–Trinajstić information content (AvgIpc) is 2.99. The summed E-state index contributed by atoms with van der Waals surface area (Å²) >= 11 is 0. The molecule has 0 saturated carbocycles. The lowest BCUT2D eigenvalue weighted by Crippen LogP contribution is -2.08. The van der Waals surface area contributed by atoms with Crippen LogP contribution in [-0.4, -0.2) is 31.5 Å². The summed E-state index contributed by atoms with van der Waals surface area (Å²) in [5, 5.41) is -0.0907. The van der Waals surface area contributed by atoms with Gasteiger partial charge in [-0.2, -0.15) is 0 Å². The Hall–Kier alpha value is -2.74. The topological polar surface area (TPSA) is 103 Å². The summed E-state index contributed by atoms with van der Waals surface area (Å²) in [6, 6.07) is 9.72. The summed E-state index contributed by atoms with van der Waals surface area (Å²) < 4.78 is 29.5. The third-order valence-electron chi connectivity index (χ3n) is 3.32. The van der Waals surface area contributed by atoms with Crippen LogP contribution in [0.1, 0.15) is 15.9 Å². The van der Waals surface area contributed by atoms with E-state index in [0.29, 0.717) is 22.3 Å². The Balaban J connectivity index is 1.87. The minimum absolute atomic E-state index is 0.0907.